The van der Waals surface area contributed by atoms with Crippen LogP contribution in [0.15, 0.2) is 11.2 Å². The largest absolute Gasteiger partial charge is 0.444 e. The summed E-state index contributed by atoms with van der Waals surface area (Å²) in [5, 5.41) is 7.78. The number of carbonyl (C=O) groups is 1. The summed E-state index contributed by atoms with van der Waals surface area (Å²) in [6.07, 6.45) is 5.65. The molecule has 7 nitrogen and oxygen atoms in total. The Morgan fingerprint density at radius 1 is 1.39 bits per heavy atom. The third kappa shape index (κ3) is 7.66. The molecular weight excluding hydrogens is 374 g/mol. The number of rotatable bonds is 6. The Hall–Kier alpha value is -1.83. The van der Waals surface area contributed by atoms with Gasteiger partial charge in [-0.25, -0.2) is 9.78 Å². The Bertz CT molecular complexity index is 653. The number of ether oxygens (including phenoxy) is 1. The van der Waals surface area contributed by atoms with Crippen molar-refractivity contribution in [2.45, 2.75) is 71.9 Å². The molecule has 0 saturated carbocycles. The predicted molar refractivity (Wildman–Crippen MR) is 115 cm³/mol. The molecule has 8 heteroatoms. The van der Waals surface area contributed by atoms with Crippen molar-refractivity contribution in [1.82, 2.24) is 20.5 Å². The topological polar surface area (TPSA) is 78.9 Å². The van der Waals surface area contributed by atoms with E-state index < -0.39 is 5.60 Å². The quantitative estimate of drug-likeness (QED) is 0.556. The van der Waals surface area contributed by atoms with Crippen molar-refractivity contribution < 1.29 is 9.53 Å². The fourth-order valence-corrected chi connectivity index (χ4v) is 3.88. The van der Waals surface area contributed by atoms with E-state index in [4.69, 9.17) is 9.73 Å². The maximum atomic E-state index is 12.5. The van der Waals surface area contributed by atoms with Crippen molar-refractivity contribution in [1.29, 1.82) is 0 Å². The number of thiazole rings is 1. The van der Waals surface area contributed by atoms with Crippen molar-refractivity contribution in [3.63, 3.8) is 0 Å². The highest BCUT2D eigenvalue weighted by Gasteiger charge is 2.30. The number of aryl methyl sites for hydroxylation is 1. The zero-order chi connectivity index (χ0) is 20.6. The Kier molecular flexibility index (Phi) is 8.54. The molecule has 0 aliphatic carbocycles. The van der Waals surface area contributed by atoms with Gasteiger partial charge >= 0.3 is 6.09 Å². The van der Waals surface area contributed by atoms with Gasteiger partial charge in [0.1, 0.15) is 5.60 Å². The number of piperidine rings is 1. The standard InChI is InChI=1S/C20H35N5O2S/c1-6-21-18(22-11-10-17-23-13-15(2)28-17)24-14-16-9-7-8-12-25(16)19(26)27-20(3,4)5/h13,16H,6-12,14H2,1-5H3,(H2,21,22,24). The SMILES string of the molecule is CCNC(=NCC1CCCCN1C(=O)OC(C)(C)C)NCCc1ncc(C)s1. The van der Waals surface area contributed by atoms with Crippen LogP contribution >= 0.6 is 11.3 Å². The number of amides is 1. The summed E-state index contributed by atoms with van der Waals surface area (Å²) in [6, 6.07) is 0.0840. The molecule has 158 valence electrons. The van der Waals surface area contributed by atoms with E-state index in [1.54, 1.807) is 11.3 Å². The molecule has 0 aromatic carbocycles. The fraction of sp³-hybridized carbons (Fsp3) is 0.750. The second-order valence-corrected chi connectivity index (χ2v) is 9.40. The van der Waals surface area contributed by atoms with E-state index >= 15 is 0 Å². The molecule has 0 bridgehead atoms. The smallest absolute Gasteiger partial charge is 0.410 e. The van der Waals surface area contributed by atoms with Crippen molar-refractivity contribution in [3.8, 4) is 0 Å². The lowest BCUT2D eigenvalue weighted by atomic mass is 10.0. The zero-order valence-electron chi connectivity index (χ0n) is 17.9. The van der Waals surface area contributed by atoms with E-state index in [0.29, 0.717) is 6.54 Å². The summed E-state index contributed by atoms with van der Waals surface area (Å²) in [4.78, 5) is 24.7. The number of aromatic nitrogens is 1. The lowest BCUT2D eigenvalue weighted by Crippen LogP contribution is -2.48. The van der Waals surface area contributed by atoms with Gasteiger partial charge in [0.25, 0.3) is 0 Å². The molecule has 1 atom stereocenters. The van der Waals surface area contributed by atoms with Crippen LogP contribution in [0.4, 0.5) is 4.79 Å². The monoisotopic (exact) mass is 409 g/mol. The van der Waals surface area contributed by atoms with Gasteiger partial charge in [0.05, 0.1) is 17.6 Å². The summed E-state index contributed by atoms with van der Waals surface area (Å²) in [6.45, 7) is 12.7. The van der Waals surface area contributed by atoms with Crippen molar-refractivity contribution >= 4 is 23.4 Å². The third-order valence-corrected chi connectivity index (χ3v) is 5.33. The minimum Gasteiger partial charge on any atom is -0.444 e. The maximum absolute atomic E-state index is 12.5. The minimum atomic E-state index is -0.479. The van der Waals surface area contributed by atoms with Crippen LogP contribution in [0.25, 0.3) is 0 Å². The molecule has 1 aliphatic rings. The number of hydrogen-bond acceptors (Lipinski definition) is 5. The number of hydrogen-bond donors (Lipinski definition) is 2. The van der Waals surface area contributed by atoms with Crippen LogP contribution in [0, 0.1) is 6.92 Å². The number of carbonyl (C=O) groups excluding carboxylic acids is 1. The molecule has 1 unspecified atom stereocenters. The van der Waals surface area contributed by atoms with E-state index in [2.05, 4.69) is 29.5 Å². The Morgan fingerprint density at radius 2 is 2.18 bits per heavy atom. The first-order valence-electron chi connectivity index (χ1n) is 10.2. The molecule has 28 heavy (non-hydrogen) atoms. The van der Waals surface area contributed by atoms with Gasteiger partial charge in [-0.1, -0.05) is 0 Å². The van der Waals surface area contributed by atoms with Gasteiger partial charge in [0.2, 0.25) is 0 Å². The molecular formula is C20H35N5O2S. The Morgan fingerprint density at radius 3 is 2.82 bits per heavy atom. The Labute approximate surface area is 173 Å². The molecule has 1 aromatic rings. The highest BCUT2D eigenvalue weighted by molar-refractivity contribution is 7.11. The summed E-state index contributed by atoms with van der Waals surface area (Å²) in [7, 11) is 0. The summed E-state index contributed by atoms with van der Waals surface area (Å²) >= 11 is 1.73. The van der Waals surface area contributed by atoms with Crippen LogP contribution in [-0.4, -0.2) is 59.8 Å². The van der Waals surface area contributed by atoms with Gasteiger partial charge in [-0.05, 0) is 53.9 Å². The summed E-state index contributed by atoms with van der Waals surface area (Å²) < 4.78 is 5.58. The van der Waals surface area contributed by atoms with Crippen LogP contribution in [0.1, 0.15) is 56.8 Å². The second kappa shape index (κ2) is 10.6. The lowest BCUT2D eigenvalue weighted by Gasteiger charge is -2.36. The molecule has 0 radical (unpaired) electrons. The first-order valence-corrected chi connectivity index (χ1v) is 11.0. The molecule has 1 fully saturated rings. The zero-order valence-corrected chi connectivity index (χ0v) is 18.7. The molecule has 1 amide bonds. The summed E-state index contributed by atoms with van der Waals surface area (Å²) in [5.74, 6) is 0.783. The van der Waals surface area contributed by atoms with Crippen LogP contribution in [0.2, 0.25) is 0 Å². The number of nitrogens with zero attached hydrogens (tertiary/aromatic N) is 3. The first kappa shape index (κ1) is 22.5. The molecule has 2 heterocycles. The second-order valence-electron chi connectivity index (χ2n) is 8.08. The van der Waals surface area contributed by atoms with Gasteiger partial charge < -0.3 is 20.3 Å². The molecule has 0 spiro atoms. The van der Waals surface area contributed by atoms with E-state index in [0.717, 1.165) is 56.3 Å². The van der Waals surface area contributed by atoms with Crippen molar-refractivity contribution in [2.24, 2.45) is 4.99 Å². The van der Waals surface area contributed by atoms with Gasteiger partial charge in [0, 0.05) is 37.1 Å². The predicted octanol–water partition coefficient (Wildman–Crippen LogP) is 3.34. The Balaban J connectivity index is 1.91. The average molecular weight is 410 g/mol. The molecule has 2 rings (SSSR count). The van der Waals surface area contributed by atoms with E-state index in [1.165, 1.54) is 4.88 Å². The van der Waals surface area contributed by atoms with Crippen LogP contribution in [0.5, 0.6) is 0 Å². The number of guanidine groups is 1. The number of likely N-dealkylation sites (tertiary alicyclic amines) is 1. The number of nitrogens with one attached hydrogen (secondary N) is 2. The van der Waals surface area contributed by atoms with Crippen LogP contribution < -0.4 is 10.6 Å². The molecule has 1 aliphatic heterocycles. The van der Waals surface area contributed by atoms with E-state index in [-0.39, 0.29) is 12.1 Å². The average Bonchev–Trinajstić information content (AvgIpc) is 3.03. The van der Waals surface area contributed by atoms with Crippen LogP contribution in [-0.2, 0) is 11.2 Å². The van der Waals surface area contributed by atoms with Crippen molar-refractivity contribution in [3.05, 3.63) is 16.1 Å². The van der Waals surface area contributed by atoms with Crippen LogP contribution in [0.3, 0.4) is 0 Å². The van der Waals surface area contributed by atoms with Gasteiger partial charge in [-0.15, -0.1) is 11.3 Å². The van der Waals surface area contributed by atoms with E-state index in [9.17, 15) is 4.79 Å². The van der Waals surface area contributed by atoms with E-state index in [1.807, 2.05) is 31.9 Å². The normalized spacial score (nSPS) is 18.1. The van der Waals surface area contributed by atoms with Gasteiger partial charge in [-0.2, -0.15) is 0 Å². The summed E-state index contributed by atoms with van der Waals surface area (Å²) in [5.41, 5.74) is -0.479. The van der Waals surface area contributed by atoms with Crippen molar-refractivity contribution in [2.75, 3.05) is 26.2 Å². The fourth-order valence-electron chi connectivity index (χ4n) is 3.09. The molecule has 2 N–H and O–H groups in total. The lowest BCUT2D eigenvalue weighted by molar-refractivity contribution is 0.0110. The minimum absolute atomic E-state index is 0.0840. The molecule has 1 aromatic heterocycles. The number of aliphatic imine (C=N–C) groups is 1. The molecule has 1 saturated heterocycles. The highest BCUT2D eigenvalue weighted by Crippen LogP contribution is 2.20. The maximum Gasteiger partial charge on any atom is 0.410 e. The van der Waals surface area contributed by atoms with Gasteiger partial charge in [0.15, 0.2) is 5.96 Å². The third-order valence-electron chi connectivity index (χ3n) is 4.36. The highest BCUT2D eigenvalue weighted by atomic mass is 32.1. The van der Waals surface area contributed by atoms with Gasteiger partial charge in [-0.3, -0.25) is 4.99 Å². The first-order chi connectivity index (χ1) is 13.3.